The van der Waals surface area contributed by atoms with Gasteiger partial charge in [0.2, 0.25) is 5.91 Å². The molecular weight excluding hydrogens is 358 g/mol. The number of fused-ring (bicyclic) bond motifs is 1. The van der Waals surface area contributed by atoms with Gasteiger partial charge in [-0.05, 0) is 48.6 Å². The third-order valence-corrected chi connectivity index (χ3v) is 6.05. The standard InChI is InChI=1S/C25H31N3O/c1-18(2)19-12-14-20(15-13-19)26-25(29)17-16-24-27-22-10-6-7-11-23(22)28(24)21-8-4-3-5-9-21/h6-7,10-15,18,21H,3-5,8-9,16-17H2,1-2H3,(H,26,29). The van der Waals surface area contributed by atoms with Gasteiger partial charge in [-0.15, -0.1) is 0 Å². The maximum Gasteiger partial charge on any atom is 0.224 e. The molecule has 4 nitrogen and oxygen atoms in total. The molecule has 1 aliphatic carbocycles. The van der Waals surface area contributed by atoms with Crippen molar-refractivity contribution in [2.75, 3.05) is 5.32 Å². The second kappa shape index (κ2) is 8.81. The zero-order valence-electron chi connectivity index (χ0n) is 17.5. The van der Waals surface area contributed by atoms with E-state index >= 15 is 0 Å². The van der Waals surface area contributed by atoms with Crippen molar-refractivity contribution in [2.24, 2.45) is 0 Å². The van der Waals surface area contributed by atoms with E-state index in [-0.39, 0.29) is 5.91 Å². The molecule has 4 heteroatoms. The Balaban J connectivity index is 1.46. The molecule has 1 fully saturated rings. The highest BCUT2D eigenvalue weighted by molar-refractivity contribution is 5.90. The van der Waals surface area contributed by atoms with Crippen LogP contribution in [0.25, 0.3) is 11.0 Å². The van der Waals surface area contributed by atoms with Gasteiger partial charge in [-0.25, -0.2) is 4.98 Å². The van der Waals surface area contributed by atoms with Crippen molar-refractivity contribution in [3.05, 3.63) is 59.9 Å². The zero-order valence-corrected chi connectivity index (χ0v) is 17.5. The lowest BCUT2D eigenvalue weighted by atomic mass is 9.95. The number of amides is 1. The molecule has 1 N–H and O–H groups in total. The topological polar surface area (TPSA) is 46.9 Å². The molecule has 4 rings (SSSR count). The van der Waals surface area contributed by atoms with E-state index in [0.29, 0.717) is 24.8 Å². The number of aromatic nitrogens is 2. The van der Waals surface area contributed by atoms with Crippen LogP contribution in [0.2, 0.25) is 0 Å². The van der Waals surface area contributed by atoms with Crippen LogP contribution in [0.4, 0.5) is 5.69 Å². The van der Waals surface area contributed by atoms with E-state index in [9.17, 15) is 4.79 Å². The van der Waals surface area contributed by atoms with E-state index in [1.165, 1.54) is 43.2 Å². The number of nitrogens with one attached hydrogen (secondary N) is 1. The monoisotopic (exact) mass is 389 g/mol. The summed E-state index contributed by atoms with van der Waals surface area (Å²) in [6.45, 7) is 4.35. The van der Waals surface area contributed by atoms with Crippen LogP contribution in [-0.4, -0.2) is 15.5 Å². The molecule has 152 valence electrons. The van der Waals surface area contributed by atoms with E-state index in [4.69, 9.17) is 4.98 Å². The number of anilines is 1. The number of carbonyl (C=O) groups excluding carboxylic acids is 1. The summed E-state index contributed by atoms with van der Waals surface area (Å²) in [5, 5.41) is 3.04. The van der Waals surface area contributed by atoms with E-state index < -0.39 is 0 Å². The average molecular weight is 390 g/mol. The van der Waals surface area contributed by atoms with Gasteiger partial charge in [0.05, 0.1) is 11.0 Å². The first-order valence-corrected chi connectivity index (χ1v) is 11.0. The van der Waals surface area contributed by atoms with Crippen molar-refractivity contribution in [2.45, 2.75) is 70.8 Å². The van der Waals surface area contributed by atoms with Gasteiger partial charge in [0.15, 0.2) is 0 Å². The Morgan fingerprint density at radius 3 is 2.52 bits per heavy atom. The average Bonchev–Trinajstić information content (AvgIpc) is 3.12. The van der Waals surface area contributed by atoms with Crippen molar-refractivity contribution in [1.29, 1.82) is 0 Å². The summed E-state index contributed by atoms with van der Waals surface area (Å²) in [6.07, 6.45) is 7.43. The number of nitrogens with zero attached hydrogens (tertiary/aromatic N) is 2. The van der Waals surface area contributed by atoms with Gasteiger partial charge in [-0.1, -0.05) is 57.4 Å². The van der Waals surface area contributed by atoms with E-state index in [2.05, 4.69) is 54.1 Å². The molecule has 1 aromatic heterocycles. The Bertz CT molecular complexity index is 965. The summed E-state index contributed by atoms with van der Waals surface area (Å²) in [6, 6.07) is 17.0. The fourth-order valence-electron chi connectivity index (χ4n) is 4.42. The first-order valence-electron chi connectivity index (χ1n) is 11.0. The molecule has 0 atom stereocenters. The summed E-state index contributed by atoms with van der Waals surface area (Å²) in [7, 11) is 0. The summed E-state index contributed by atoms with van der Waals surface area (Å²) in [4.78, 5) is 17.4. The summed E-state index contributed by atoms with van der Waals surface area (Å²) in [5.41, 5.74) is 4.39. The first-order chi connectivity index (χ1) is 14.1. The minimum atomic E-state index is 0.0459. The van der Waals surface area contributed by atoms with Crippen molar-refractivity contribution < 1.29 is 4.79 Å². The lowest BCUT2D eigenvalue weighted by Gasteiger charge is -2.25. The summed E-state index contributed by atoms with van der Waals surface area (Å²) >= 11 is 0. The second-order valence-electron chi connectivity index (χ2n) is 8.50. The van der Waals surface area contributed by atoms with Crippen LogP contribution < -0.4 is 5.32 Å². The van der Waals surface area contributed by atoms with Gasteiger partial charge in [0.25, 0.3) is 0 Å². The van der Waals surface area contributed by atoms with Gasteiger partial charge >= 0.3 is 0 Å². The second-order valence-corrected chi connectivity index (χ2v) is 8.50. The highest BCUT2D eigenvalue weighted by Crippen LogP contribution is 2.32. The number of hydrogen-bond donors (Lipinski definition) is 1. The maximum absolute atomic E-state index is 12.6. The first kappa shape index (κ1) is 19.7. The van der Waals surface area contributed by atoms with Crippen LogP contribution >= 0.6 is 0 Å². The predicted octanol–water partition coefficient (Wildman–Crippen LogP) is 6.24. The Morgan fingerprint density at radius 2 is 1.79 bits per heavy atom. The fourth-order valence-corrected chi connectivity index (χ4v) is 4.42. The van der Waals surface area contributed by atoms with Crippen LogP contribution in [0, 0.1) is 0 Å². The normalized spacial score (nSPS) is 15.1. The minimum Gasteiger partial charge on any atom is -0.326 e. The van der Waals surface area contributed by atoms with E-state index in [0.717, 1.165) is 17.0 Å². The van der Waals surface area contributed by atoms with Crippen LogP contribution in [0.5, 0.6) is 0 Å². The number of hydrogen-bond acceptors (Lipinski definition) is 2. The molecule has 1 aliphatic rings. The van der Waals surface area contributed by atoms with Crippen molar-refractivity contribution in [3.8, 4) is 0 Å². The lowest BCUT2D eigenvalue weighted by molar-refractivity contribution is -0.116. The molecule has 0 saturated heterocycles. The van der Waals surface area contributed by atoms with Crippen molar-refractivity contribution >= 4 is 22.6 Å². The number of aryl methyl sites for hydroxylation is 1. The molecule has 1 saturated carbocycles. The van der Waals surface area contributed by atoms with Crippen molar-refractivity contribution in [1.82, 2.24) is 9.55 Å². The number of para-hydroxylation sites is 2. The van der Waals surface area contributed by atoms with E-state index in [1.807, 2.05) is 18.2 Å². The van der Waals surface area contributed by atoms with Gasteiger partial charge in [-0.3, -0.25) is 4.79 Å². The molecule has 0 bridgehead atoms. The van der Waals surface area contributed by atoms with Crippen LogP contribution in [0.15, 0.2) is 48.5 Å². The minimum absolute atomic E-state index is 0.0459. The molecule has 0 aliphatic heterocycles. The largest absolute Gasteiger partial charge is 0.326 e. The third-order valence-electron chi connectivity index (χ3n) is 6.05. The third kappa shape index (κ3) is 4.52. The Hall–Kier alpha value is -2.62. The molecule has 0 radical (unpaired) electrons. The van der Waals surface area contributed by atoms with Crippen LogP contribution in [0.1, 0.15) is 75.7 Å². The molecule has 2 aromatic carbocycles. The highest BCUT2D eigenvalue weighted by Gasteiger charge is 2.21. The van der Waals surface area contributed by atoms with Crippen molar-refractivity contribution in [3.63, 3.8) is 0 Å². The number of imidazole rings is 1. The fraction of sp³-hybridized carbons (Fsp3) is 0.440. The molecule has 0 spiro atoms. The molecule has 1 heterocycles. The van der Waals surface area contributed by atoms with Crippen LogP contribution in [0.3, 0.4) is 0 Å². The maximum atomic E-state index is 12.6. The quantitative estimate of drug-likeness (QED) is 0.543. The Morgan fingerprint density at radius 1 is 1.07 bits per heavy atom. The summed E-state index contributed by atoms with van der Waals surface area (Å²) in [5.74, 6) is 1.58. The van der Waals surface area contributed by atoms with E-state index in [1.54, 1.807) is 0 Å². The van der Waals surface area contributed by atoms with Gasteiger partial charge < -0.3 is 9.88 Å². The van der Waals surface area contributed by atoms with Gasteiger partial charge in [0.1, 0.15) is 5.82 Å². The smallest absolute Gasteiger partial charge is 0.224 e. The van der Waals surface area contributed by atoms with Crippen LogP contribution in [-0.2, 0) is 11.2 Å². The summed E-state index contributed by atoms with van der Waals surface area (Å²) < 4.78 is 2.42. The Labute approximate surface area is 173 Å². The molecule has 0 unspecified atom stereocenters. The van der Waals surface area contributed by atoms with Gasteiger partial charge in [0, 0.05) is 24.6 Å². The SMILES string of the molecule is CC(C)c1ccc(NC(=O)CCc2nc3ccccc3n2C2CCCCC2)cc1. The van der Waals surface area contributed by atoms with Gasteiger partial charge in [-0.2, -0.15) is 0 Å². The molecule has 1 amide bonds. The molecule has 29 heavy (non-hydrogen) atoms. The predicted molar refractivity (Wildman–Crippen MR) is 119 cm³/mol. The lowest BCUT2D eigenvalue weighted by Crippen LogP contribution is -2.18. The number of benzene rings is 2. The zero-order chi connectivity index (χ0) is 20.2. The highest BCUT2D eigenvalue weighted by atomic mass is 16.1. The molecule has 3 aromatic rings. The number of rotatable bonds is 6. The molecular formula is C25H31N3O. The Kier molecular flexibility index (Phi) is 5.98. The number of carbonyl (C=O) groups is 1.